The first-order valence-electron chi connectivity index (χ1n) is 6.76. The van der Waals surface area contributed by atoms with Gasteiger partial charge in [0.2, 0.25) is 0 Å². The van der Waals surface area contributed by atoms with Crippen molar-refractivity contribution in [1.82, 2.24) is 4.90 Å². The van der Waals surface area contributed by atoms with Gasteiger partial charge in [-0.2, -0.15) is 0 Å². The topological polar surface area (TPSA) is 38.8 Å². The summed E-state index contributed by atoms with van der Waals surface area (Å²) in [5.74, 6) is 0.738. The van der Waals surface area contributed by atoms with E-state index in [1.807, 2.05) is 6.92 Å². The highest BCUT2D eigenvalue weighted by atomic mass is 16.5. The molecule has 2 fully saturated rings. The van der Waals surface area contributed by atoms with Gasteiger partial charge < -0.3 is 14.4 Å². The van der Waals surface area contributed by atoms with E-state index in [0.29, 0.717) is 12.5 Å². The number of ether oxygens (including phenoxy) is 2. The van der Waals surface area contributed by atoms with Gasteiger partial charge in [-0.15, -0.1) is 0 Å². The van der Waals surface area contributed by atoms with Gasteiger partial charge in [-0.25, -0.2) is 0 Å². The Morgan fingerprint density at radius 2 is 2.35 bits per heavy atom. The van der Waals surface area contributed by atoms with Crippen molar-refractivity contribution in [2.75, 3.05) is 39.5 Å². The molecule has 2 aliphatic rings. The van der Waals surface area contributed by atoms with Gasteiger partial charge in [-0.1, -0.05) is 0 Å². The molecule has 0 aliphatic carbocycles. The highest BCUT2D eigenvalue weighted by molar-refractivity contribution is 5.72. The van der Waals surface area contributed by atoms with Crippen LogP contribution in [-0.2, 0) is 14.3 Å². The maximum absolute atomic E-state index is 11.7. The van der Waals surface area contributed by atoms with Crippen molar-refractivity contribution in [3.63, 3.8) is 0 Å². The summed E-state index contributed by atoms with van der Waals surface area (Å²) in [7, 11) is 0. The minimum Gasteiger partial charge on any atom is -0.466 e. The molecule has 0 aromatic heterocycles. The average Bonchev–Trinajstić information content (AvgIpc) is 2.82. The molecule has 98 valence electrons. The first-order valence-corrected chi connectivity index (χ1v) is 6.76. The largest absolute Gasteiger partial charge is 0.466 e. The number of nitrogens with zero attached hydrogens (tertiary/aromatic N) is 1. The highest BCUT2D eigenvalue weighted by Gasteiger charge is 2.28. The van der Waals surface area contributed by atoms with E-state index in [9.17, 15) is 4.79 Å². The van der Waals surface area contributed by atoms with Crippen LogP contribution in [-0.4, -0.2) is 50.3 Å². The molecule has 0 radical (unpaired) electrons. The number of hydrogen-bond donors (Lipinski definition) is 0. The molecular weight excluding hydrogens is 218 g/mol. The maximum atomic E-state index is 11.7. The predicted octanol–water partition coefficient (Wildman–Crippen LogP) is 1.30. The van der Waals surface area contributed by atoms with Crippen LogP contribution < -0.4 is 0 Å². The van der Waals surface area contributed by atoms with Crippen molar-refractivity contribution in [1.29, 1.82) is 0 Å². The highest BCUT2D eigenvalue weighted by Crippen LogP contribution is 2.21. The van der Waals surface area contributed by atoms with Crippen molar-refractivity contribution >= 4 is 5.97 Å². The summed E-state index contributed by atoms with van der Waals surface area (Å²) < 4.78 is 10.5. The molecule has 2 heterocycles. The summed E-state index contributed by atoms with van der Waals surface area (Å²) in [6.07, 6.45) is 3.26. The van der Waals surface area contributed by atoms with Crippen LogP contribution in [0.2, 0.25) is 0 Å². The third-order valence-electron chi connectivity index (χ3n) is 3.67. The Labute approximate surface area is 103 Å². The molecule has 4 nitrogen and oxygen atoms in total. The molecule has 2 saturated heterocycles. The van der Waals surface area contributed by atoms with Crippen LogP contribution in [0.25, 0.3) is 0 Å². The van der Waals surface area contributed by atoms with Gasteiger partial charge in [0.1, 0.15) is 0 Å². The smallest absolute Gasteiger partial charge is 0.310 e. The van der Waals surface area contributed by atoms with Gasteiger partial charge in [0.25, 0.3) is 0 Å². The van der Waals surface area contributed by atoms with Crippen LogP contribution in [0, 0.1) is 11.8 Å². The van der Waals surface area contributed by atoms with Gasteiger partial charge >= 0.3 is 5.97 Å². The molecule has 0 N–H and O–H groups in total. The quantitative estimate of drug-likeness (QED) is 0.695. The van der Waals surface area contributed by atoms with Crippen molar-refractivity contribution < 1.29 is 14.3 Å². The van der Waals surface area contributed by atoms with E-state index in [2.05, 4.69) is 4.90 Å². The lowest BCUT2D eigenvalue weighted by Crippen LogP contribution is -2.41. The van der Waals surface area contributed by atoms with Crippen LogP contribution in [0.5, 0.6) is 0 Å². The second-order valence-electron chi connectivity index (χ2n) is 5.08. The predicted molar refractivity (Wildman–Crippen MR) is 64.7 cm³/mol. The van der Waals surface area contributed by atoms with Crippen LogP contribution in [0.1, 0.15) is 26.2 Å². The van der Waals surface area contributed by atoms with E-state index in [1.165, 1.54) is 6.42 Å². The fraction of sp³-hybridized carbons (Fsp3) is 0.923. The molecule has 0 amide bonds. The zero-order valence-corrected chi connectivity index (χ0v) is 10.7. The molecule has 0 spiro atoms. The van der Waals surface area contributed by atoms with Gasteiger partial charge in [-0.3, -0.25) is 4.79 Å². The molecule has 2 atom stereocenters. The Morgan fingerprint density at radius 3 is 3.06 bits per heavy atom. The number of piperidine rings is 1. The second-order valence-corrected chi connectivity index (χ2v) is 5.08. The third kappa shape index (κ3) is 3.68. The first kappa shape index (κ1) is 12.8. The number of carbonyl (C=O) groups excluding carboxylic acids is 1. The summed E-state index contributed by atoms with van der Waals surface area (Å²) in [5.41, 5.74) is 0. The monoisotopic (exact) mass is 241 g/mol. The molecule has 0 saturated carbocycles. The van der Waals surface area contributed by atoms with Crippen LogP contribution in [0.3, 0.4) is 0 Å². The Kier molecular flexibility index (Phi) is 4.80. The van der Waals surface area contributed by atoms with Crippen LogP contribution >= 0.6 is 0 Å². The zero-order valence-electron chi connectivity index (χ0n) is 10.7. The van der Waals surface area contributed by atoms with Crippen LogP contribution in [0.15, 0.2) is 0 Å². The van der Waals surface area contributed by atoms with E-state index in [1.54, 1.807) is 0 Å². The van der Waals surface area contributed by atoms with E-state index < -0.39 is 0 Å². The summed E-state index contributed by atoms with van der Waals surface area (Å²) in [5, 5.41) is 0. The van der Waals surface area contributed by atoms with E-state index in [-0.39, 0.29) is 11.9 Å². The Morgan fingerprint density at radius 1 is 1.47 bits per heavy atom. The van der Waals surface area contributed by atoms with Gasteiger partial charge in [0.15, 0.2) is 0 Å². The molecule has 4 heteroatoms. The summed E-state index contributed by atoms with van der Waals surface area (Å²) in [4.78, 5) is 14.1. The number of carbonyl (C=O) groups is 1. The molecule has 0 aromatic rings. The minimum atomic E-state index is -0.0140. The van der Waals surface area contributed by atoms with Gasteiger partial charge in [0, 0.05) is 19.7 Å². The summed E-state index contributed by atoms with van der Waals surface area (Å²) >= 11 is 0. The molecule has 0 aromatic carbocycles. The Balaban J connectivity index is 1.77. The Hall–Kier alpha value is -0.610. The van der Waals surface area contributed by atoms with Gasteiger partial charge in [0.05, 0.1) is 19.1 Å². The van der Waals surface area contributed by atoms with Gasteiger partial charge in [-0.05, 0) is 38.6 Å². The van der Waals surface area contributed by atoms with E-state index in [4.69, 9.17) is 9.47 Å². The Bertz CT molecular complexity index is 251. The normalized spacial score (nSPS) is 30.4. The van der Waals surface area contributed by atoms with E-state index in [0.717, 1.165) is 45.7 Å². The number of hydrogen-bond acceptors (Lipinski definition) is 4. The molecule has 2 aliphatic heterocycles. The maximum Gasteiger partial charge on any atom is 0.310 e. The van der Waals surface area contributed by atoms with Crippen LogP contribution in [0.4, 0.5) is 0 Å². The minimum absolute atomic E-state index is 0.0140. The lowest BCUT2D eigenvalue weighted by Gasteiger charge is -2.32. The standard InChI is InChI=1S/C13H23NO3/c1-2-17-13(15)12-4-3-6-14(9-12)8-11-5-7-16-10-11/h11-12H,2-10H2,1H3/t11?,12-/m1/s1. The van der Waals surface area contributed by atoms with E-state index >= 15 is 0 Å². The van der Waals surface area contributed by atoms with Crippen molar-refractivity contribution in [2.24, 2.45) is 11.8 Å². The summed E-state index contributed by atoms with van der Waals surface area (Å²) in [6.45, 7) is 7.22. The number of esters is 1. The number of rotatable bonds is 4. The molecule has 1 unspecified atom stereocenters. The van der Waals surface area contributed by atoms with Crippen molar-refractivity contribution in [3.8, 4) is 0 Å². The lowest BCUT2D eigenvalue weighted by molar-refractivity contribution is -0.150. The molecule has 0 bridgehead atoms. The summed E-state index contributed by atoms with van der Waals surface area (Å²) in [6, 6.07) is 0. The SMILES string of the molecule is CCOC(=O)[C@@H]1CCCN(CC2CCOC2)C1. The van der Waals surface area contributed by atoms with Crippen molar-refractivity contribution in [2.45, 2.75) is 26.2 Å². The average molecular weight is 241 g/mol. The molecular formula is C13H23NO3. The molecule has 17 heavy (non-hydrogen) atoms. The zero-order chi connectivity index (χ0) is 12.1. The molecule has 2 rings (SSSR count). The third-order valence-corrected chi connectivity index (χ3v) is 3.67. The first-order chi connectivity index (χ1) is 8.29. The van der Waals surface area contributed by atoms with Crippen molar-refractivity contribution in [3.05, 3.63) is 0 Å². The lowest BCUT2D eigenvalue weighted by atomic mass is 9.97. The second kappa shape index (κ2) is 6.36. The number of likely N-dealkylation sites (tertiary alicyclic amines) is 1. The fourth-order valence-electron chi connectivity index (χ4n) is 2.77. The fourth-order valence-corrected chi connectivity index (χ4v) is 2.77.